The van der Waals surface area contributed by atoms with Crippen LogP contribution in [-0.2, 0) is 17.6 Å². The van der Waals surface area contributed by atoms with Crippen molar-refractivity contribution < 1.29 is 9.53 Å². The molecule has 0 saturated carbocycles. The second-order valence-electron chi connectivity index (χ2n) is 10.7. The Kier molecular flexibility index (Phi) is 8.24. The second kappa shape index (κ2) is 12.5. The van der Waals surface area contributed by atoms with Crippen LogP contribution < -0.4 is 25.6 Å². The highest BCUT2D eigenvalue weighted by Gasteiger charge is 2.24. The van der Waals surface area contributed by atoms with E-state index >= 15 is 0 Å². The Balaban J connectivity index is 1.15. The first-order chi connectivity index (χ1) is 21.0. The average Bonchev–Trinajstić information content (AvgIpc) is 3.03. The molecule has 43 heavy (non-hydrogen) atoms. The van der Waals surface area contributed by atoms with E-state index in [0.29, 0.717) is 40.9 Å². The van der Waals surface area contributed by atoms with Crippen molar-refractivity contribution in [2.75, 3.05) is 41.0 Å². The van der Waals surface area contributed by atoms with Crippen molar-refractivity contribution in [1.29, 1.82) is 5.26 Å². The van der Waals surface area contributed by atoms with Gasteiger partial charge in [-0.05, 0) is 79.1 Å². The summed E-state index contributed by atoms with van der Waals surface area (Å²) in [6.45, 7) is 1.56. The highest BCUT2D eigenvalue weighted by Crippen LogP contribution is 2.33. The molecule has 11 heteroatoms. The van der Waals surface area contributed by atoms with Crippen LogP contribution >= 0.6 is 11.6 Å². The van der Waals surface area contributed by atoms with Crippen LogP contribution in [0.2, 0.25) is 5.02 Å². The molecule has 1 fully saturated rings. The van der Waals surface area contributed by atoms with Gasteiger partial charge in [0, 0.05) is 37.1 Å². The predicted molar refractivity (Wildman–Crippen MR) is 168 cm³/mol. The minimum Gasteiger partial charge on any atom is -0.495 e. The number of rotatable bonds is 5. The number of pyridine rings is 1. The summed E-state index contributed by atoms with van der Waals surface area (Å²) in [4.78, 5) is 28.7. The number of piperidine rings is 1. The number of methoxy groups -OCH3 is 1. The highest BCUT2D eigenvalue weighted by atomic mass is 35.5. The van der Waals surface area contributed by atoms with Gasteiger partial charge in [0.1, 0.15) is 22.4 Å². The van der Waals surface area contributed by atoms with Crippen LogP contribution in [0, 0.1) is 17.2 Å². The number of fused-ring (bicyclic) bond motifs is 6. The number of benzene rings is 2. The normalized spacial score (nSPS) is 14.6. The third kappa shape index (κ3) is 6.47. The van der Waals surface area contributed by atoms with E-state index in [4.69, 9.17) is 16.3 Å². The van der Waals surface area contributed by atoms with Gasteiger partial charge in [0.15, 0.2) is 5.82 Å². The van der Waals surface area contributed by atoms with E-state index in [0.717, 1.165) is 66.2 Å². The molecule has 6 bridgehead atoms. The van der Waals surface area contributed by atoms with Gasteiger partial charge in [0.25, 0.3) is 0 Å². The third-order valence-electron chi connectivity index (χ3n) is 7.89. The van der Waals surface area contributed by atoms with Gasteiger partial charge >= 0.3 is 0 Å². The van der Waals surface area contributed by atoms with Gasteiger partial charge in [-0.25, -0.2) is 4.98 Å². The number of carbonyl (C=O) groups is 1. The van der Waals surface area contributed by atoms with Crippen molar-refractivity contribution in [2.45, 2.75) is 32.1 Å². The van der Waals surface area contributed by atoms with Crippen LogP contribution in [0.4, 0.5) is 34.5 Å². The molecule has 0 aliphatic carbocycles. The largest absolute Gasteiger partial charge is 0.495 e. The van der Waals surface area contributed by atoms with Crippen LogP contribution in [0.3, 0.4) is 0 Å². The number of hydrogen-bond donors (Lipinski definition) is 3. The number of nitriles is 1. The summed E-state index contributed by atoms with van der Waals surface area (Å²) in [5.74, 6) is 1.72. The monoisotopic (exact) mass is 594 g/mol. The molecule has 1 amide bonds. The van der Waals surface area contributed by atoms with Crippen molar-refractivity contribution in [2.24, 2.45) is 5.92 Å². The molecule has 218 valence electrons. The summed E-state index contributed by atoms with van der Waals surface area (Å²) in [7, 11) is 1.58. The van der Waals surface area contributed by atoms with Crippen molar-refractivity contribution in [1.82, 2.24) is 15.0 Å². The first-order valence-electron chi connectivity index (χ1n) is 14.2. The zero-order valence-corrected chi connectivity index (χ0v) is 24.5. The van der Waals surface area contributed by atoms with E-state index in [1.165, 1.54) is 0 Å². The predicted octanol–water partition coefficient (Wildman–Crippen LogP) is 6.24. The van der Waals surface area contributed by atoms with E-state index in [1.54, 1.807) is 25.6 Å². The first-order valence-corrected chi connectivity index (χ1v) is 14.6. The zero-order valence-electron chi connectivity index (χ0n) is 23.7. The Hall–Kier alpha value is -4.88. The van der Waals surface area contributed by atoms with Gasteiger partial charge in [0.05, 0.1) is 30.9 Å². The standard InChI is InChI=1S/C32H31ClN8O2/c1-43-29-4-2-3-28(25(29)16-34)41-11-9-20(10-12-41)14-30(42)39-27-8-7-23-15-22(27)6-5-21-13-24(18-35-17-21)38-32-36-19-26(33)31(37-23)40-32/h2-4,7-8,13,15,17-20H,5-6,9-12,14H2,1H3,(H,39,42)(H2,36,37,38,40). The Bertz CT molecular complexity index is 1700. The lowest BCUT2D eigenvalue weighted by Gasteiger charge is -2.34. The molecule has 2 aromatic heterocycles. The lowest BCUT2D eigenvalue weighted by atomic mass is 9.92. The fourth-order valence-corrected chi connectivity index (χ4v) is 5.80. The third-order valence-corrected chi connectivity index (χ3v) is 8.16. The zero-order chi connectivity index (χ0) is 29.8. The number of anilines is 6. The van der Waals surface area contributed by atoms with Crippen molar-refractivity contribution in [3.63, 3.8) is 0 Å². The Morgan fingerprint density at radius 2 is 1.98 bits per heavy atom. The van der Waals surface area contributed by atoms with Gasteiger partial charge in [-0.1, -0.05) is 17.7 Å². The van der Waals surface area contributed by atoms with Crippen LogP contribution in [0.25, 0.3) is 0 Å². The molecular weight excluding hydrogens is 564 g/mol. The molecule has 2 aliphatic rings. The van der Waals surface area contributed by atoms with E-state index in [2.05, 4.69) is 41.9 Å². The minimum atomic E-state index is -0.00577. The Labute approximate surface area is 255 Å². The SMILES string of the molecule is COc1cccc(N2CCC(CC(=O)Nc3ccc4cc3CCc3cncc(c3)Nc3ncc(Cl)c(n3)N4)CC2)c1C#N. The number of aryl methyl sites for hydroxylation is 2. The maximum absolute atomic E-state index is 13.3. The van der Waals surface area contributed by atoms with Gasteiger partial charge in [0.2, 0.25) is 11.9 Å². The summed E-state index contributed by atoms with van der Waals surface area (Å²) in [6, 6.07) is 15.8. The quantitative estimate of drug-likeness (QED) is 0.246. The summed E-state index contributed by atoms with van der Waals surface area (Å²) in [5.41, 5.74) is 5.87. The molecule has 0 atom stereocenters. The summed E-state index contributed by atoms with van der Waals surface area (Å²) in [6.07, 6.45) is 8.73. The van der Waals surface area contributed by atoms with Crippen molar-refractivity contribution in [3.05, 3.63) is 82.8 Å². The van der Waals surface area contributed by atoms with Crippen LogP contribution in [0.5, 0.6) is 5.75 Å². The van der Waals surface area contributed by atoms with Crippen LogP contribution in [0.15, 0.2) is 61.1 Å². The van der Waals surface area contributed by atoms with Gasteiger partial charge in [-0.2, -0.15) is 10.2 Å². The van der Waals surface area contributed by atoms with Gasteiger partial charge in [-0.15, -0.1) is 0 Å². The molecule has 0 spiro atoms. The topological polar surface area (TPSA) is 128 Å². The smallest absolute Gasteiger partial charge is 0.229 e. The molecule has 2 aromatic carbocycles. The number of amides is 1. The molecule has 3 N–H and O–H groups in total. The van der Waals surface area contributed by atoms with E-state index in [9.17, 15) is 10.1 Å². The minimum absolute atomic E-state index is 0.00577. The maximum Gasteiger partial charge on any atom is 0.229 e. The fraction of sp³-hybridized carbons (Fsp3) is 0.281. The number of nitrogens with zero attached hydrogens (tertiary/aromatic N) is 5. The summed E-state index contributed by atoms with van der Waals surface area (Å²) >= 11 is 6.39. The molecule has 4 heterocycles. The lowest BCUT2D eigenvalue weighted by molar-refractivity contribution is -0.117. The van der Waals surface area contributed by atoms with E-state index < -0.39 is 0 Å². The number of carbonyl (C=O) groups excluding carboxylic acids is 1. The van der Waals surface area contributed by atoms with E-state index in [-0.39, 0.29) is 11.8 Å². The number of aromatic nitrogens is 3. The summed E-state index contributed by atoms with van der Waals surface area (Å²) < 4.78 is 5.38. The van der Waals surface area contributed by atoms with Crippen molar-refractivity contribution in [3.8, 4) is 11.8 Å². The first kappa shape index (κ1) is 28.2. The number of nitrogens with one attached hydrogen (secondary N) is 3. The van der Waals surface area contributed by atoms with E-state index in [1.807, 2.05) is 42.6 Å². The fourth-order valence-electron chi connectivity index (χ4n) is 5.66. The average molecular weight is 595 g/mol. The molecule has 1 saturated heterocycles. The molecule has 2 aliphatic heterocycles. The Morgan fingerprint density at radius 3 is 2.79 bits per heavy atom. The van der Waals surface area contributed by atoms with Crippen LogP contribution in [0.1, 0.15) is 36.0 Å². The number of ether oxygens (including phenoxy) is 1. The second-order valence-corrected chi connectivity index (χ2v) is 11.2. The number of hydrogen-bond acceptors (Lipinski definition) is 9. The molecule has 6 rings (SSSR count). The molecule has 0 unspecified atom stereocenters. The molecular formula is C32H31ClN8O2. The molecule has 10 nitrogen and oxygen atoms in total. The van der Waals surface area contributed by atoms with Crippen molar-refractivity contribution >= 4 is 52.0 Å². The Morgan fingerprint density at radius 1 is 1.12 bits per heavy atom. The van der Waals surface area contributed by atoms with Gasteiger partial charge < -0.3 is 25.6 Å². The number of halogens is 1. The molecule has 0 radical (unpaired) electrons. The lowest BCUT2D eigenvalue weighted by Crippen LogP contribution is -2.35. The van der Waals surface area contributed by atoms with Crippen LogP contribution in [-0.4, -0.2) is 41.1 Å². The van der Waals surface area contributed by atoms with Gasteiger partial charge in [-0.3, -0.25) is 9.78 Å². The summed E-state index contributed by atoms with van der Waals surface area (Å²) in [5, 5.41) is 19.7. The molecule has 4 aromatic rings. The highest BCUT2D eigenvalue weighted by molar-refractivity contribution is 6.32. The maximum atomic E-state index is 13.3.